The van der Waals surface area contributed by atoms with Crippen molar-refractivity contribution in [3.05, 3.63) is 59.8 Å². The van der Waals surface area contributed by atoms with Gasteiger partial charge in [-0.05, 0) is 60.7 Å². The van der Waals surface area contributed by atoms with E-state index in [4.69, 9.17) is 4.74 Å². The molecule has 0 saturated carbocycles. The molecular weight excluding hydrogens is 328 g/mol. The van der Waals surface area contributed by atoms with Crippen LogP contribution >= 0.6 is 0 Å². The number of phenolic OH excluding ortho intramolecular Hbond substituents is 1. The third kappa shape index (κ3) is 3.69. The van der Waals surface area contributed by atoms with Crippen molar-refractivity contribution in [3.63, 3.8) is 0 Å². The summed E-state index contributed by atoms with van der Waals surface area (Å²) in [6.45, 7) is 0.739. The molecule has 1 aliphatic carbocycles. The summed E-state index contributed by atoms with van der Waals surface area (Å²) >= 11 is 0. The van der Waals surface area contributed by atoms with E-state index in [9.17, 15) is 10.2 Å². The van der Waals surface area contributed by atoms with Crippen LogP contribution in [0.15, 0.2) is 48.7 Å². The van der Waals surface area contributed by atoms with E-state index in [0.717, 1.165) is 35.9 Å². The minimum absolute atomic E-state index is 0.251. The molecule has 5 nitrogen and oxygen atoms in total. The van der Waals surface area contributed by atoms with Gasteiger partial charge in [-0.15, -0.1) is 0 Å². The highest BCUT2D eigenvalue weighted by Gasteiger charge is 2.19. The lowest BCUT2D eigenvalue weighted by atomic mass is 9.88. The van der Waals surface area contributed by atoms with Crippen molar-refractivity contribution < 1.29 is 14.9 Å². The molecule has 5 heteroatoms. The highest BCUT2D eigenvalue weighted by atomic mass is 16.5. The lowest BCUT2D eigenvalue weighted by Gasteiger charge is -2.26. The lowest BCUT2D eigenvalue weighted by Crippen LogP contribution is -2.40. The number of fused-ring (bicyclic) bond motifs is 2. The predicted molar refractivity (Wildman–Crippen MR) is 102 cm³/mol. The van der Waals surface area contributed by atoms with Crippen LogP contribution in [0.1, 0.15) is 17.5 Å². The van der Waals surface area contributed by atoms with Crippen molar-refractivity contribution in [1.29, 1.82) is 0 Å². The highest BCUT2D eigenvalue weighted by Crippen LogP contribution is 2.26. The van der Waals surface area contributed by atoms with Gasteiger partial charge in [0.1, 0.15) is 24.2 Å². The predicted octanol–water partition coefficient (Wildman–Crippen LogP) is 2.76. The van der Waals surface area contributed by atoms with Crippen LogP contribution in [0.25, 0.3) is 10.9 Å². The van der Waals surface area contributed by atoms with Crippen LogP contribution in [-0.4, -0.2) is 40.5 Å². The molecule has 1 heterocycles. The van der Waals surface area contributed by atoms with Gasteiger partial charge in [-0.25, -0.2) is 0 Å². The van der Waals surface area contributed by atoms with Crippen molar-refractivity contribution >= 4 is 10.9 Å². The van der Waals surface area contributed by atoms with Gasteiger partial charge in [0.05, 0.1) is 0 Å². The van der Waals surface area contributed by atoms with Crippen molar-refractivity contribution in [2.24, 2.45) is 0 Å². The lowest BCUT2D eigenvalue weighted by molar-refractivity contribution is 0.104. The second kappa shape index (κ2) is 7.40. The number of aliphatic hydroxyl groups excluding tert-OH is 1. The molecule has 0 amide bonds. The maximum absolute atomic E-state index is 10.3. The van der Waals surface area contributed by atoms with E-state index >= 15 is 0 Å². The number of hydrogen-bond donors (Lipinski definition) is 4. The topological polar surface area (TPSA) is 77.5 Å². The maximum Gasteiger partial charge on any atom is 0.128 e. The Hall–Kier alpha value is -2.50. The molecular formula is C21H24N2O3. The minimum Gasteiger partial charge on any atom is -0.508 e. The number of aryl methyl sites for hydroxylation is 1. The Balaban J connectivity index is 1.28. The van der Waals surface area contributed by atoms with E-state index in [1.807, 2.05) is 42.6 Å². The Morgan fingerprint density at radius 2 is 2.12 bits per heavy atom. The first-order valence-corrected chi connectivity index (χ1v) is 9.10. The number of phenols is 1. The average Bonchev–Trinajstić information content (AvgIpc) is 3.13. The third-order valence-corrected chi connectivity index (χ3v) is 5.05. The number of rotatable bonds is 6. The molecule has 1 aromatic heterocycles. The highest BCUT2D eigenvalue weighted by molar-refractivity contribution is 5.85. The zero-order chi connectivity index (χ0) is 17.9. The molecule has 0 aliphatic heterocycles. The largest absolute Gasteiger partial charge is 0.508 e. The third-order valence-electron chi connectivity index (χ3n) is 5.05. The average molecular weight is 352 g/mol. The summed E-state index contributed by atoms with van der Waals surface area (Å²) in [5, 5.41) is 24.4. The van der Waals surface area contributed by atoms with Crippen LogP contribution in [0.5, 0.6) is 11.5 Å². The SMILES string of the molecule is Oc1ccc2c(c1)C[C@H](NC[C@H](O)COc1cccc3[nH]ccc13)CC2. The van der Waals surface area contributed by atoms with Gasteiger partial charge in [0.2, 0.25) is 0 Å². The molecule has 0 fully saturated rings. The number of nitrogens with one attached hydrogen (secondary N) is 2. The van der Waals surface area contributed by atoms with Gasteiger partial charge < -0.3 is 25.3 Å². The summed E-state index contributed by atoms with van der Waals surface area (Å²) in [5.74, 6) is 1.10. The zero-order valence-electron chi connectivity index (χ0n) is 14.6. The summed E-state index contributed by atoms with van der Waals surface area (Å²) < 4.78 is 5.81. The Labute approximate surface area is 152 Å². The maximum atomic E-state index is 10.3. The number of H-pyrrole nitrogens is 1. The second-order valence-corrected chi connectivity index (χ2v) is 6.96. The zero-order valence-corrected chi connectivity index (χ0v) is 14.6. The van der Waals surface area contributed by atoms with Gasteiger partial charge in [-0.2, -0.15) is 0 Å². The van der Waals surface area contributed by atoms with Crippen LogP contribution in [0, 0.1) is 0 Å². The summed E-state index contributed by atoms with van der Waals surface area (Å²) in [5.41, 5.74) is 3.53. The molecule has 2 aromatic carbocycles. The van der Waals surface area contributed by atoms with Crippen LogP contribution in [0.2, 0.25) is 0 Å². The van der Waals surface area contributed by atoms with Crippen molar-refractivity contribution in [3.8, 4) is 11.5 Å². The van der Waals surface area contributed by atoms with E-state index < -0.39 is 6.10 Å². The number of hydrogen-bond acceptors (Lipinski definition) is 4. The van der Waals surface area contributed by atoms with Gasteiger partial charge in [-0.1, -0.05) is 12.1 Å². The summed E-state index contributed by atoms with van der Waals surface area (Å²) in [6, 6.07) is 13.7. The van der Waals surface area contributed by atoms with Crippen molar-refractivity contribution in [1.82, 2.24) is 10.3 Å². The molecule has 136 valence electrons. The number of benzene rings is 2. The Kier molecular flexibility index (Phi) is 4.82. The van der Waals surface area contributed by atoms with Crippen LogP contribution in [-0.2, 0) is 12.8 Å². The minimum atomic E-state index is -0.574. The molecule has 4 rings (SSSR count). The molecule has 1 aliphatic rings. The molecule has 0 spiro atoms. The summed E-state index contributed by atoms with van der Waals surface area (Å²) in [4.78, 5) is 3.16. The van der Waals surface area contributed by atoms with Crippen LogP contribution in [0.4, 0.5) is 0 Å². The van der Waals surface area contributed by atoms with Gasteiger partial charge >= 0.3 is 0 Å². The van der Waals surface area contributed by atoms with Gasteiger partial charge in [-0.3, -0.25) is 0 Å². The second-order valence-electron chi connectivity index (χ2n) is 6.96. The van der Waals surface area contributed by atoms with E-state index in [-0.39, 0.29) is 6.61 Å². The molecule has 0 bridgehead atoms. The van der Waals surface area contributed by atoms with Crippen molar-refractivity contribution in [2.45, 2.75) is 31.4 Å². The fourth-order valence-electron chi connectivity index (χ4n) is 3.65. The molecule has 26 heavy (non-hydrogen) atoms. The number of aliphatic hydroxyl groups is 1. The molecule has 4 N–H and O–H groups in total. The molecule has 0 unspecified atom stereocenters. The Morgan fingerprint density at radius 1 is 1.19 bits per heavy atom. The number of aromatic nitrogens is 1. The summed E-state index contributed by atoms with van der Waals surface area (Å²) in [6.07, 6.45) is 4.21. The Bertz CT molecular complexity index is 890. The summed E-state index contributed by atoms with van der Waals surface area (Å²) in [7, 11) is 0. The first-order chi connectivity index (χ1) is 12.7. The van der Waals surface area contributed by atoms with E-state index in [0.29, 0.717) is 18.3 Å². The smallest absolute Gasteiger partial charge is 0.128 e. The first kappa shape index (κ1) is 16.9. The number of ether oxygens (including phenoxy) is 1. The Morgan fingerprint density at radius 3 is 3.04 bits per heavy atom. The van der Waals surface area contributed by atoms with E-state index in [1.54, 1.807) is 6.07 Å². The number of aromatic amines is 1. The van der Waals surface area contributed by atoms with Gasteiger partial charge in [0.15, 0.2) is 0 Å². The van der Waals surface area contributed by atoms with Crippen LogP contribution < -0.4 is 10.1 Å². The fraction of sp³-hybridized carbons (Fsp3) is 0.333. The van der Waals surface area contributed by atoms with E-state index in [2.05, 4.69) is 10.3 Å². The van der Waals surface area contributed by atoms with E-state index in [1.165, 1.54) is 11.1 Å². The van der Waals surface area contributed by atoms with Gasteiger partial charge in [0.25, 0.3) is 0 Å². The molecule has 0 saturated heterocycles. The molecule has 2 atom stereocenters. The first-order valence-electron chi connectivity index (χ1n) is 9.10. The molecule has 0 radical (unpaired) electrons. The quantitative estimate of drug-likeness (QED) is 0.550. The normalized spacial score (nSPS) is 17.8. The van der Waals surface area contributed by atoms with Gasteiger partial charge in [0, 0.05) is 29.7 Å². The van der Waals surface area contributed by atoms with Crippen LogP contribution in [0.3, 0.4) is 0 Å². The molecule has 3 aromatic rings. The number of aromatic hydroxyl groups is 1. The monoisotopic (exact) mass is 352 g/mol. The standard InChI is InChI=1S/C21H24N2O3/c24-17-7-5-14-4-6-16(10-15(14)11-17)23-12-18(25)13-26-21-3-1-2-20-19(21)8-9-22-20/h1-3,5,7-9,11,16,18,22-25H,4,6,10,12-13H2/t16-,18+/m1/s1. The fourth-order valence-corrected chi connectivity index (χ4v) is 3.65. The van der Waals surface area contributed by atoms with Crippen molar-refractivity contribution in [2.75, 3.05) is 13.2 Å².